The molecular weight excluding hydrogens is 340 g/mol. The van der Waals surface area contributed by atoms with E-state index in [2.05, 4.69) is 5.32 Å². The lowest BCUT2D eigenvalue weighted by molar-refractivity contribution is -0.129. The van der Waals surface area contributed by atoms with Crippen molar-refractivity contribution >= 4 is 33.0 Å². The van der Waals surface area contributed by atoms with Crippen molar-refractivity contribution < 1.29 is 17.9 Å². The van der Waals surface area contributed by atoms with E-state index in [1.807, 2.05) is 13.0 Å². The molecular formula is C15H21ClN2O4S. The molecule has 0 bridgehead atoms. The third kappa shape index (κ3) is 4.29. The molecule has 0 aromatic heterocycles. The first-order valence-electron chi connectivity index (χ1n) is 7.27. The van der Waals surface area contributed by atoms with Crippen molar-refractivity contribution in [2.75, 3.05) is 37.5 Å². The van der Waals surface area contributed by atoms with Gasteiger partial charge in [-0.2, -0.15) is 0 Å². The largest absolute Gasteiger partial charge is 0.495 e. The molecule has 0 radical (unpaired) electrons. The predicted molar refractivity (Wildman–Crippen MR) is 91.1 cm³/mol. The molecule has 0 saturated carbocycles. The van der Waals surface area contributed by atoms with Gasteiger partial charge < -0.3 is 15.0 Å². The number of nitrogens with zero attached hydrogens (tertiary/aromatic N) is 1. The SMILES string of the molecule is COc1cc(Cl)c(C)cc1NCC(=O)N(C)C1CCS(=O)(=O)C1. The summed E-state index contributed by atoms with van der Waals surface area (Å²) in [6, 6.07) is 3.26. The van der Waals surface area contributed by atoms with Crippen LogP contribution < -0.4 is 10.1 Å². The third-order valence-electron chi connectivity index (χ3n) is 4.06. The minimum absolute atomic E-state index is 0.0403. The molecule has 1 N–H and O–H groups in total. The van der Waals surface area contributed by atoms with Gasteiger partial charge in [-0.1, -0.05) is 11.6 Å². The van der Waals surface area contributed by atoms with Crippen molar-refractivity contribution in [3.8, 4) is 5.75 Å². The zero-order valence-electron chi connectivity index (χ0n) is 13.4. The highest BCUT2D eigenvalue weighted by molar-refractivity contribution is 7.91. The highest BCUT2D eigenvalue weighted by Crippen LogP contribution is 2.30. The maximum Gasteiger partial charge on any atom is 0.241 e. The molecule has 23 heavy (non-hydrogen) atoms. The summed E-state index contributed by atoms with van der Waals surface area (Å²) < 4.78 is 28.3. The number of hydrogen-bond donors (Lipinski definition) is 1. The van der Waals surface area contributed by atoms with Gasteiger partial charge in [0, 0.05) is 24.2 Å². The number of nitrogens with one attached hydrogen (secondary N) is 1. The smallest absolute Gasteiger partial charge is 0.241 e. The Bertz CT molecular complexity index is 706. The number of rotatable bonds is 5. The third-order valence-corrected chi connectivity index (χ3v) is 6.22. The number of likely N-dealkylation sites (N-methyl/N-ethyl adjacent to an activating group) is 1. The molecule has 1 heterocycles. The van der Waals surface area contributed by atoms with Crippen LogP contribution in [0.2, 0.25) is 5.02 Å². The van der Waals surface area contributed by atoms with Crippen LogP contribution >= 0.6 is 11.6 Å². The highest BCUT2D eigenvalue weighted by Gasteiger charge is 2.32. The number of sulfone groups is 1. The molecule has 1 fully saturated rings. The van der Waals surface area contributed by atoms with Crippen molar-refractivity contribution in [3.63, 3.8) is 0 Å². The molecule has 1 aliphatic heterocycles. The maximum atomic E-state index is 12.3. The zero-order chi connectivity index (χ0) is 17.2. The Morgan fingerprint density at radius 2 is 2.17 bits per heavy atom. The van der Waals surface area contributed by atoms with E-state index in [0.717, 1.165) is 5.56 Å². The molecule has 1 aliphatic rings. The summed E-state index contributed by atoms with van der Waals surface area (Å²) >= 11 is 6.05. The Morgan fingerprint density at radius 3 is 2.74 bits per heavy atom. The van der Waals surface area contributed by atoms with Crippen LogP contribution in [0.15, 0.2) is 12.1 Å². The lowest BCUT2D eigenvalue weighted by Crippen LogP contribution is -2.40. The van der Waals surface area contributed by atoms with Gasteiger partial charge in [-0.15, -0.1) is 0 Å². The molecule has 1 amide bonds. The van der Waals surface area contributed by atoms with Gasteiger partial charge in [0.2, 0.25) is 5.91 Å². The fraction of sp³-hybridized carbons (Fsp3) is 0.533. The number of carbonyl (C=O) groups excluding carboxylic acids is 1. The quantitative estimate of drug-likeness (QED) is 0.865. The molecule has 1 aromatic carbocycles. The molecule has 0 spiro atoms. The monoisotopic (exact) mass is 360 g/mol. The molecule has 1 saturated heterocycles. The van der Waals surface area contributed by atoms with E-state index < -0.39 is 9.84 Å². The van der Waals surface area contributed by atoms with Crippen molar-refractivity contribution in [1.82, 2.24) is 4.90 Å². The van der Waals surface area contributed by atoms with E-state index in [1.54, 1.807) is 13.1 Å². The number of benzene rings is 1. The summed E-state index contributed by atoms with van der Waals surface area (Å²) in [5.41, 5.74) is 1.55. The Labute approximate surface area is 141 Å². The van der Waals surface area contributed by atoms with E-state index in [9.17, 15) is 13.2 Å². The van der Waals surface area contributed by atoms with Gasteiger partial charge in [-0.05, 0) is 25.0 Å². The first kappa shape index (κ1) is 17.9. The van der Waals surface area contributed by atoms with Crippen LogP contribution in [0.1, 0.15) is 12.0 Å². The van der Waals surface area contributed by atoms with Crippen LogP contribution in [0.5, 0.6) is 5.75 Å². The number of aryl methyl sites for hydroxylation is 1. The van der Waals surface area contributed by atoms with Gasteiger partial charge in [0.05, 0.1) is 30.8 Å². The summed E-state index contributed by atoms with van der Waals surface area (Å²) in [6.07, 6.45) is 0.494. The topological polar surface area (TPSA) is 75.7 Å². The summed E-state index contributed by atoms with van der Waals surface area (Å²) in [5.74, 6) is 0.576. The van der Waals surface area contributed by atoms with Crippen LogP contribution in [-0.2, 0) is 14.6 Å². The summed E-state index contributed by atoms with van der Waals surface area (Å²) in [4.78, 5) is 13.8. The van der Waals surface area contributed by atoms with E-state index in [1.165, 1.54) is 12.0 Å². The summed E-state index contributed by atoms with van der Waals surface area (Å²) in [7, 11) is 0.159. The minimum atomic E-state index is -3.01. The van der Waals surface area contributed by atoms with Crippen LogP contribution in [0.25, 0.3) is 0 Å². The second kappa shape index (κ2) is 6.97. The molecule has 1 unspecified atom stereocenters. The first-order chi connectivity index (χ1) is 10.7. The fourth-order valence-electron chi connectivity index (χ4n) is 2.55. The van der Waals surface area contributed by atoms with Gasteiger partial charge in [-0.25, -0.2) is 8.42 Å². The Kier molecular flexibility index (Phi) is 5.41. The molecule has 1 atom stereocenters. The van der Waals surface area contributed by atoms with E-state index in [-0.39, 0.29) is 30.0 Å². The second-order valence-corrected chi connectivity index (χ2v) is 8.35. The van der Waals surface area contributed by atoms with E-state index in [4.69, 9.17) is 16.3 Å². The highest BCUT2D eigenvalue weighted by atomic mass is 35.5. The van der Waals surface area contributed by atoms with Gasteiger partial charge in [0.15, 0.2) is 9.84 Å². The average Bonchev–Trinajstić information content (AvgIpc) is 2.86. The van der Waals surface area contributed by atoms with Crippen molar-refractivity contribution in [3.05, 3.63) is 22.7 Å². The summed E-state index contributed by atoms with van der Waals surface area (Å²) in [6.45, 7) is 1.93. The minimum Gasteiger partial charge on any atom is -0.495 e. The zero-order valence-corrected chi connectivity index (χ0v) is 15.0. The molecule has 128 valence electrons. The molecule has 8 heteroatoms. The first-order valence-corrected chi connectivity index (χ1v) is 9.47. The van der Waals surface area contributed by atoms with E-state index in [0.29, 0.717) is 22.9 Å². The number of carbonyl (C=O) groups is 1. The standard InChI is InChI=1S/C15H21ClN2O4S/c1-10-6-13(14(22-3)7-12(10)16)17-8-15(19)18(2)11-4-5-23(20,21)9-11/h6-7,11,17H,4-5,8-9H2,1-3H3. The van der Waals surface area contributed by atoms with Gasteiger partial charge in [0.25, 0.3) is 0 Å². The van der Waals surface area contributed by atoms with Crippen molar-refractivity contribution in [2.45, 2.75) is 19.4 Å². The second-order valence-electron chi connectivity index (χ2n) is 5.72. The molecule has 1 aromatic rings. The average molecular weight is 361 g/mol. The fourth-order valence-corrected chi connectivity index (χ4v) is 4.48. The van der Waals surface area contributed by atoms with Crippen molar-refractivity contribution in [2.24, 2.45) is 0 Å². The normalized spacial score (nSPS) is 19.4. The number of amides is 1. The van der Waals surface area contributed by atoms with Gasteiger partial charge in [-0.3, -0.25) is 4.79 Å². The number of ether oxygens (including phenoxy) is 1. The summed E-state index contributed by atoms with van der Waals surface area (Å²) in [5, 5.41) is 3.62. The Balaban J connectivity index is 2.00. The maximum absolute atomic E-state index is 12.3. The van der Waals surface area contributed by atoms with E-state index >= 15 is 0 Å². The van der Waals surface area contributed by atoms with Gasteiger partial charge in [0.1, 0.15) is 5.75 Å². The number of hydrogen-bond acceptors (Lipinski definition) is 5. The molecule has 6 nitrogen and oxygen atoms in total. The van der Waals surface area contributed by atoms with Crippen LogP contribution in [0.3, 0.4) is 0 Å². The number of halogens is 1. The molecule has 2 rings (SSSR count). The van der Waals surface area contributed by atoms with Gasteiger partial charge >= 0.3 is 0 Å². The lowest BCUT2D eigenvalue weighted by atomic mass is 10.2. The Hall–Kier alpha value is -1.47. The Morgan fingerprint density at radius 1 is 1.48 bits per heavy atom. The lowest BCUT2D eigenvalue weighted by Gasteiger charge is -2.24. The van der Waals surface area contributed by atoms with Crippen LogP contribution in [0.4, 0.5) is 5.69 Å². The number of anilines is 1. The van der Waals surface area contributed by atoms with Crippen LogP contribution in [0, 0.1) is 6.92 Å². The van der Waals surface area contributed by atoms with Crippen LogP contribution in [-0.4, -0.2) is 57.5 Å². The predicted octanol–water partition coefficient (Wildman–Crippen LogP) is 1.71. The molecule has 0 aliphatic carbocycles. The van der Waals surface area contributed by atoms with Crippen molar-refractivity contribution in [1.29, 1.82) is 0 Å². The number of methoxy groups -OCH3 is 1.